The minimum Gasteiger partial charge on any atom is -0.330 e. The first-order valence-electron chi connectivity index (χ1n) is 5.67. The quantitative estimate of drug-likeness (QED) is 0.699. The molecule has 1 atom stereocenters. The Kier molecular flexibility index (Phi) is 5.91. The predicted octanol–water partition coefficient (Wildman–Crippen LogP) is 2.17. The van der Waals surface area contributed by atoms with Crippen molar-refractivity contribution in [2.24, 2.45) is 11.7 Å². The van der Waals surface area contributed by atoms with E-state index in [0.717, 1.165) is 32.5 Å². The van der Waals surface area contributed by atoms with Crippen LogP contribution in [0.3, 0.4) is 0 Å². The fraction of sp³-hybridized carbons (Fsp3) is 0.667. The maximum absolute atomic E-state index is 5.50. The molecule has 2 nitrogen and oxygen atoms in total. The van der Waals surface area contributed by atoms with E-state index in [1.165, 1.54) is 10.4 Å². The van der Waals surface area contributed by atoms with E-state index in [4.69, 9.17) is 5.73 Å². The highest BCUT2D eigenvalue weighted by molar-refractivity contribution is 7.10. The standard InChI is InChI=1S/C12H22N2S/c1-10(3-6-13)9-14-7-4-12-11(2)5-8-15-12/h5,8,10,14H,3-4,6-7,9,13H2,1-2H3. The van der Waals surface area contributed by atoms with Crippen LogP contribution in [0.5, 0.6) is 0 Å². The molecule has 0 fully saturated rings. The van der Waals surface area contributed by atoms with Crippen LogP contribution in [0, 0.1) is 12.8 Å². The van der Waals surface area contributed by atoms with Crippen molar-refractivity contribution in [1.82, 2.24) is 5.32 Å². The molecule has 1 heterocycles. The van der Waals surface area contributed by atoms with E-state index in [9.17, 15) is 0 Å². The molecule has 0 spiro atoms. The van der Waals surface area contributed by atoms with Gasteiger partial charge in [0.05, 0.1) is 0 Å². The number of nitrogens with one attached hydrogen (secondary N) is 1. The van der Waals surface area contributed by atoms with E-state index in [2.05, 4.69) is 30.6 Å². The third kappa shape index (κ3) is 4.78. The van der Waals surface area contributed by atoms with Gasteiger partial charge in [0, 0.05) is 4.88 Å². The maximum atomic E-state index is 5.50. The Morgan fingerprint density at radius 3 is 2.93 bits per heavy atom. The molecular weight excluding hydrogens is 204 g/mol. The molecule has 1 unspecified atom stereocenters. The van der Waals surface area contributed by atoms with Crippen molar-refractivity contribution < 1.29 is 0 Å². The van der Waals surface area contributed by atoms with Crippen molar-refractivity contribution in [3.8, 4) is 0 Å². The monoisotopic (exact) mass is 226 g/mol. The van der Waals surface area contributed by atoms with Crippen molar-refractivity contribution in [2.75, 3.05) is 19.6 Å². The molecule has 3 N–H and O–H groups in total. The summed E-state index contributed by atoms with van der Waals surface area (Å²) in [6.45, 7) is 7.39. The Bertz CT molecular complexity index is 270. The van der Waals surface area contributed by atoms with Crippen LogP contribution in [-0.4, -0.2) is 19.6 Å². The van der Waals surface area contributed by atoms with Crippen LogP contribution in [0.4, 0.5) is 0 Å². The maximum Gasteiger partial charge on any atom is 0.00870 e. The van der Waals surface area contributed by atoms with E-state index >= 15 is 0 Å². The molecule has 1 rings (SSSR count). The van der Waals surface area contributed by atoms with Gasteiger partial charge in [0.25, 0.3) is 0 Å². The molecule has 0 aliphatic carbocycles. The molecule has 0 aliphatic rings. The third-order valence-corrected chi connectivity index (χ3v) is 3.73. The third-order valence-electron chi connectivity index (χ3n) is 2.65. The number of aryl methyl sites for hydroxylation is 1. The highest BCUT2D eigenvalue weighted by Gasteiger charge is 2.01. The van der Waals surface area contributed by atoms with Gasteiger partial charge in [-0.15, -0.1) is 11.3 Å². The fourth-order valence-electron chi connectivity index (χ4n) is 1.60. The molecule has 1 aromatic heterocycles. The summed E-state index contributed by atoms with van der Waals surface area (Å²) in [5.74, 6) is 0.694. The lowest BCUT2D eigenvalue weighted by Gasteiger charge is -2.10. The van der Waals surface area contributed by atoms with Crippen LogP contribution in [0.1, 0.15) is 23.8 Å². The van der Waals surface area contributed by atoms with E-state index < -0.39 is 0 Å². The molecule has 3 heteroatoms. The SMILES string of the molecule is Cc1ccsc1CCNCC(C)CCN. The van der Waals surface area contributed by atoms with E-state index in [1.807, 2.05) is 11.3 Å². The van der Waals surface area contributed by atoms with Crippen LogP contribution < -0.4 is 11.1 Å². The molecule has 0 aliphatic heterocycles. The Hall–Kier alpha value is -0.380. The van der Waals surface area contributed by atoms with Crippen molar-refractivity contribution in [3.63, 3.8) is 0 Å². The average Bonchev–Trinajstić information content (AvgIpc) is 2.60. The van der Waals surface area contributed by atoms with Crippen molar-refractivity contribution >= 4 is 11.3 Å². The van der Waals surface area contributed by atoms with Crippen LogP contribution >= 0.6 is 11.3 Å². The first-order valence-corrected chi connectivity index (χ1v) is 6.55. The van der Waals surface area contributed by atoms with Crippen LogP contribution in [-0.2, 0) is 6.42 Å². The normalized spacial score (nSPS) is 13.0. The highest BCUT2D eigenvalue weighted by atomic mass is 32.1. The summed E-state index contributed by atoms with van der Waals surface area (Å²) in [5.41, 5.74) is 6.93. The van der Waals surface area contributed by atoms with Gasteiger partial charge in [-0.2, -0.15) is 0 Å². The average molecular weight is 226 g/mol. The van der Waals surface area contributed by atoms with E-state index in [1.54, 1.807) is 0 Å². The first-order chi connectivity index (χ1) is 7.24. The van der Waals surface area contributed by atoms with Gasteiger partial charge in [-0.3, -0.25) is 0 Å². The number of thiophene rings is 1. The van der Waals surface area contributed by atoms with Crippen LogP contribution in [0.2, 0.25) is 0 Å². The van der Waals surface area contributed by atoms with Gasteiger partial charge in [-0.25, -0.2) is 0 Å². The predicted molar refractivity (Wildman–Crippen MR) is 68.5 cm³/mol. The van der Waals surface area contributed by atoms with Gasteiger partial charge in [-0.1, -0.05) is 6.92 Å². The zero-order valence-corrected chi connectivity index (χ0v) is 10.6. The Balaban J connectivity index is 2.09. The summed E-state index contributed by atoms with van der Waals surface area (Å²) < 4.78 is 0. The van der Waals surface area contributed by atoms with Gasteiger partial charge >= 0.3 is 0 Å². The number of hydrogen-bond acceptors (Lipinski definition) is 3. The molecule has 0 amide bonds. The summed E-state index contributed by atoms with van der Waals surface area (Å²) in [4.78, 5) is 1.51. The second-order valence-corrected chi connectivity index (χ2v) is 5.16. The van der Waals surface area contributed by atoms with E-state index in [-0.39, 0.29) is 0 Å². The van der Waals surface area contributed by atoms with E-state index in [0.29, 0.717) is 5.92 Å². The van der Waals surface area contributed by atoms with Crippen LogP contribution in [0.25, 0.3) is 0 Å². The van der Waals surface area contributed by atoms with Crippen molar-refractivity contribution in [2.45, 2.75) is 26.7 Å². The summed E-state index contributed by atoms with van der Waals surface area (Å²) in [5, 5.41) is 5.65. The molecule has 0 saturated carbocycles. The van der Waals surface area contributed by atoms with Gasteiger partial charge in [0.2, 0.25) is 0 Å². The summed E-state index contributed by atoms with van der Waals surface area (Å²) >= 11 is 1.86. The lowest BCUT2D eigenvalue weighted by Crippen LogP contribution is -2.24. The minimum atomic E-state index is 0.694. The molecule has 15 heavy (non-hydrogen) atoms. The van der Waals surface area contributed by atoms with Gasteiger partial charge in [0.15, 0.2) is 0 Å². The molecular formula is C12H22N2S. The topological polar surface area (TPSA) is 38.0 Å². The molecule has 0 aromatic carbocycles. The number of rotatable bonds is 7. The van der Waals surface area contributed by atoms with Gasteiger partial charge in [0.1, 0.15) is 0 Å². The molecule has 86 valence electrons. The second-order valence-electron chi connectivity index (χ2n) is 4.16. The molecule has 0 bridgehead atoms. The Labute approximate surface area is 96.9 Å². The van der Waals surface area contributed by atoms with Crippen LogP contribution in [0.15, 0.2) is 11.4 Å². The molecule has 0 radical (unpaired) electrons. The molecule has 0 saturated heterocycles. The van der Waals surface area contributed by atoms with Gasteiger partial charge in [-0.05, 0) is 62.3 Å². The largest absolute Gasteiger partial charge is 0.330 e. The molecule has 1 aromatic rings. The van der Waals surface area contributed by atoms with Crippen molar-refractivity contribution in [1.29, 1.82) is 0 Å². The minimum absolute atomic E-state index is 0.694. The Morgan fingerprint density at radius 2 is 2.33 bits per heavy atom. The number of hydrogen-bond donors (Lipinski definition) is 2. The summed E-state index contributed by atoms with van der Waals surface area (Å²) in [7, 11) is 0. The number of nitrogens with two attached hydrogens (primary N) is 1. The lowest BCUT2D eigenvalue weighted by molar-refractivity contribution is 0.489. The lowest BCUT2D eigenvalue weighted by atomic mass is 10.1. The first kappa shape index (κ1) is 12.7. The zero-order valence-electron chi connectivity index (χ0n) is 9.75. The Morgan fingerprint density at radius 1 is 1.53 bits per heavy atom. The smallest absolute Gasteiger partial charge is 0.00870 e. The summed E-state index contributed by atoms with van der Waals surface area (Å²) in [6.07, 6.45) is 2.27. The fourth-order valence-corrected chi connectivity index (χ4v) is 2.51. The zero-order chi connectivity index (χ0) is 11.1. The highest BCUT2D eigenvalue weighted by Crippen LogP contribution is 2.15. The second kappa shape index (κ2) is 6.99. The van der Waals surface area contributed by atoms with Gasteiger partial charge < -0.3 is 11.1 Å². The van der Waals surface area contributed by atoms with Crippen molar-refractivity contribution in [3.05, 3.63) is 21.9 Å². The summed E-state index contributed by atoms with van der Waals surface area (Å²) in [6, 6.07) is 2.19.